The molecule has 0 aromatic carbocycles. The van der Waals surface area contributed by atoms with Crippen molar-refractivity contribution < 1.29 is 20.4 Å². The smallest absolute Gasteiger partial charge is 0.109 e. The second-order valence-corrected chi connectivity index (χ2v) is 7.12. The molecular weight excluding hydrogens is 308 g/mol. The van der Waals surface area contributed by atoms with Crippen LogP contribution >= 0.6 is 0 Å². The Kier molecular flexibility index (Phi) is 11.8. The van der Waals surface area contributed by atoms with Crippen LogP contribution in [0.1, 0.15) is 64.2 Å². The van der Waals surface area contributed by atoms with Crippen molar-refractivity contribution in [1.82, 2.24) is 4.90 Å². The van der Waals surface area contributed by atoms with Gasteiger partial charge in [-0.1, -0.05) is 51.4 Å². The minimum absolute atomic E-state index is 0.199. The highest BCUT2D eigenvalue weighted by Gasteiger charge is 2.40. The zero-order valence-electron chi connectivity index (χ0n) is 15.0. The molecule has 0 bridgehead atoms. The molecule has 6 nitrogen and oxygen atoms in total. The van der Waals surface area contributed by atoms with Crippen LogP contribution in [0.4, 0.5) is 0 Å². The predicted molar refractivity (Wildman–Crippen MR) is 95.7 cm³/mol. The number of hydrogen-bond acceptors (Lipinski definition) is 6. The van der Waals surface area contributed by atoms with Crippen molar-refractivity contribution in [3.63, 3.8) is 0 Å². The van der Waals surface area contributed by atoms with Crippen LogP contribution < -0.4 is 5.73 Å². The first-order valence-corrected chi connectivity index (χ1v) is 9.71. The van der Waals surface area contributed by atoms with Crippen molar-refractivity contribution in [2.45, 2.75) is 88.6 Å². The maximum absolute atomic E-state index is 9.94. The van der Waals surface area contributed by atoms with E-state index in [9.17, 15) is 20.4 Å². The van der Waals surface area contributed by atoms with Gasteiger partial charge in [-0.15, -0.1) is 0 Å². The lowest BCUT2D eigenvalue weighted by molar-refractivity contribution is -0.145. The van der Waals surface area contributed by atoms with Crippen molar-refractivity contribution in [2.24, 2.45) is 5.73 Å². The number of nitrogens with zero attached hydrogens (tertiary/aromatic N) is 1. The molecule has 1 heterocycles. The fourth-order valence-electron chi connectivity index (χ4n) is 3.51. The standard InChI is InChI=1S/C18H38N2O4/c19-11-9-7-5-3-1-2-4-6-8-10-12-20-13-16(22)18(24)17(23)15(20)14-21/h15-18,21-24H,1-14,19H2/t15?,16?,17-,18?/m0/s1. The molecule has 0 aromatic rings. The Labute approximate surface area is 146 Å². The number of β-amino-alcohol motifs (C(OH)–C–C–N with tert-alkyl or cyclic N) is 1. The Bertz CT molecular complexity index is 307. The van der Waals surface area contributed by atoms with Gasteiger partial charge < -0.3 is 26.2 Å². The normalized spacial score (nSPS) is 28.4. The number of likely N-dealkylation sites (tertiary alicyclic amines) is 1. The van der Waals surface area contributed by atoms with E-state index in [0.29, 0.717) is 6.54 Å². The van der Waals surface area contributed by atoms with Gasteiger partial charge in [-0.2, -0.15) is 0 Å². The molecule has 144 valence electrons. The third-order valence-corrected chi connectivity index (χ3v) is 5.12. The summed E-state index contributed by atoms with van der Waals surface area (Å²) < 4.78 is 0. The zero-order valence-corrected chi connectivity index (χ0v) is 15.0. The fraction of sp³-hybridized carbons (Fsp3) is 1.00. The molecule has 3 unspecified atom stereocenters. The molecule has 1 aliphatic rings. The van der Waals surface area contributed by atoms with Gasteiger partial charge in [0.15, 0.2) is 0 Å². The average molecular weight is 347 g/mol. The SMILES string of the molecule is NCCCCCCCCCCCCN1CC(O)C(O)[C@@H](O)C1CO. The third-order valence-electron chi connectivity index (χ3n) is 5.12. The first-order valence-electron chi connectivity index (χ1n) is 9.71. The van der Waals surface area contributed by atoms with Crippen LogP contribution in [0.25, 0.3) is 0 Å². The summed E-state index contributed by atoms with van der Waals surface area (Å²) in [5.41, 5.74) is 5.47. The first kappa shape index (κ1) is 21.8. The number of hydrogen-bond donors (Lipinski definition) is 5. The van der Waals surface area contributed by atoms with Gasteiger partial charge in [-0.3, -0.25) is 4.90 Å². The van der Waals surface area contributed by atoms with Crippen molar-refractivity contribution in [3.8, 4) is 0 Å². The number of aliphatic hydroxyl groups excluding tert-OH is 4. The molecule has 6 N–H and O–H groups in total. The summed E-state index contributed by atoms with van der Waals surface area (Å²) in [6, 6.07) is -0.475. The molecule has 1 rings (SSSR count). The molecule has 1 saturated heterocycles. The number of rotatable bonds is 13. The van der Waals surface area contributed by atoms with Crippen LogP contribution in [0.15, 0.2) is 0 Å². The number of nitrogens with two attached hydrogens (primary N) is 1. The highest BCUT2D eigenvalue weighted by Crippen LogP contribution is 2.20. The summed E-state index contributed by atoms with van der Waals surface area (Å²) >= 11 is 0. The van der Waals surface area contributed by atoms with E-state index in [2.05, 4.69) is 0 Å². The zero-order chi connectivity index (χ0) is 17.8. The maximum atomic E-state index is 9.94. The average Bonchev–Trinajstić information content (AvgIpc) is 2.58. The number of piperidine rings is 1. The second-order valence-electron chi connectivity index (χ2n) is 7.12. The van der Waals surface area contributed by atoms with E-state index in [1.54, 1.807) is 0 Å². The third kappa shape index (κ3) is 7.76. The highest BCUT2D eigenvalue weighted by atomic mass is 16.4. The molecule has 0 spiro atoms. The largest absolute Gasteiger partial charge is 0.395 e. The quantitative estimate of drug-likeness (QED) is 0.313. The molecule has 0 aromatic heterocycles. The second kappa shape index (κ2) is 13.0. The Balaban J connectivity index is 2.04. The Morgan fingerprint density at radius 2 is 1.25 bits per heavy atom. The maximum Gasteiger partial charge on any atom is 0.109 e. The van der Waals surface area contributed by atoms with Crippen LogP contribution in [0.3, 0.4) is 0 Å². The number of unbranched alkanes of at least 4 members (excludes halogenated alkanes) is 9. The molecule has 0 aliphatic carbocycles. The van der Waals surface area contributed by atoms with Crippen LogP contribution in [-0.2, 0) is 0 Å². The molecule has 1 fully saturated rings. The molecule has 0 saturated carbocycles. The monoisotopic (exact) mass is 346 g/mol. The molecule has 6 heteroatoms. The van der Waals surface area contributed by atoms with Crippen LogP contribution in [0.5, 0.6) is 0 Å². The minimum atomic E-state index is -1.16. The fourth-order valence-corrected chi connectivity index (χ4v) is 3.51. The van der Waals surface area contributed by atoms with Gasteiger partial charge in [-0.05, 0) is 25.9 Å². The lowest BCUT2D eigenvalue weighted by atomic mass is 9.94. The summed E-state index contributed by atoms with van der Waals surface area (Å²) in [5, 5.41) is 38.8. The van der Waals surface area contributed by atoms with E-state index in [0.717, 1.165) is 32.4 Å². The summed E-state index contributed by atoms with van der Waals surface area (Å²) in [4.78, 5) is 1.90. The van der Waals surface area contributed by atoms with Gasteiger partial charge in [0.05, 0.1) is 18.8 Å². The van der Waals surface area contributed by atoms with E-state index in [-0.39, 0.29) is 6.61 Å². The highest BCUT2D eigenvalue weighted by molar-refractivity contribution is 4.93. The van der Waals surface area contributed by atoms with Gasteiger partial charge in [0, 0.05) is 6.54 Å². The minimum Gasteiger partial charge on any atom is -0.395 e. The molecule has 0 radical (unpaired) electrons. The number of aliphatic hydroxyl groups is 4. The van der Waals surface area contributed by atoms with Gasteiger partial charge >= 0.3 is 0 Å². The Morgan fingerprint density at radius 3 is 1.75 bits per heavy atom. The van der Waals surface area contributed by atoms with E-state index >= 15 is 0 Å². The van der Waals surface area contributed by atoms with E-state index in [1.165, 1.54) is 44.9 Å². The molecule has 0 amide bonds. The summed E-state index contributed by atoms with van der Waals surface area (Å²) in [5.74, 6) is 0. The molecular formula is C18H38N2O4. The molecule has 24 heavy (non-hydrogen) atoms. The summed E-state index contributed by atoms with van der Waals surface area (Å²) in [7, 11) is 0. The topological polar surface area (TPSA) is 110 Å². The first-order chi connectivity index (χ1) is 11.6. The lowest BCUT2D eigenvalue weighted by Crippen LogP contribution is -2.62. The Morgan fingerprint density at radius 1 is 0.750 bits per heavy atom. The van der Waals surface area contributed by atoms with E-state index in [4.69, 9.17) is 5.73 Å². The lowest BCUT2D eigenvalue weighted by Gasteiger charge is -2.43. The van der Waals surface area contributed by atoms with Gasteiger partial charge in [0.2, 0.25) is 0 Å². The Hall–Kier alpha value is -0.240. The van der Waals surface area contributed by atoms with Crippen molar-refractivity contribution in [1.29, 1.82) is 0 Å². The summed E-state index contributed by atoms with van der Waals surface area (Å²) in [6.45, 7) is 1.66. The van der Waals surface area contributed by atoms with Gasteiger partial charge in [-0.25, -0.2) is 0 Å². The van der Waals surface area contributed by atoms with Gasteiger partial charge in [0.25, 0.3) is 0 Å². The van der Waals surface area contributed by atoms with Crippen LogP contribution in [-0.4, -0.2) is 75.9 Å². The van der Waals surface area contributed by atoms with Crippen LogP contribution in [0, 0.1) is 0 Å². The van der Waals surface area contributed by atoms with Crippen molar-refractivity contribution in [3.05, 3.63) is 0 Å². The van der Waals surface area contributed by atoms with Crippen molar-refractivity contribution in [2.75, 3.05) is 26.2 Å². The summed E-state index contributed by atoms with van der Waals surface area (Å²) in [6.07, 6.45) is 8.97. The molecule has 1 aliphatic heterocycles. The van der Waals surface area contributed by atoms with Crippen LogP contribution in [0.2, 0.25) is 0 Å². The van der Waals surface area contributed by atoms with Crippen molar-refractivity contribution >= 4 is 0 Å². The van der Waals surface area contributed by atoms with E-state index < -0.39 is 24.4 Å². The molecule has 4 atom stereocenters. The predicted octanol–water partition coefficient (Wildman–Crippen LogP) is 0.605. The van der Waals surface area contributed by atoms with E-state index in [1.807, 2.05) is 4.90 Å². The van der Waals surface area contributed by atoms with Gasteiger partial charge in [0.1, 0.15) is 12.2 Å².